The SMILES string of the molecule is C/C=C/C(=O)NC(c1ccccc1)c1nccn1C. The summed E-state index contributed by atoms with van der Waals surface area (Å²) in [4.78, 5) is 16.1. The Morgan fingerprint density at radius 2 is 2.11 bits per heavy atom. The largest absolute Gasteiger partial charge is 0.339 e. The highest BCUT2D eigenvalue weighted by Crippen LogP contribution is 2.19. The fourth-order valence-corrected chi connectivity index (χ4v) is 1.94. The molecule has 2 aromatic rings. The number of allylic oxidation sites excluding steroid dienone is 1. The van der Waals surface area contributed by atoms with Gasteiger partial charge in [-0.3, -0.25) is 4.79 Å². The topological polar surface area (TPSA) is 46.9 Å². The number of nitrogens with zero attached hydrogens (tertiary/aromatic N) is 2. The van der Waals surface area contributed by atoms with Crippen LogP contribution in [0.2, 0.25) is 0 Å². The van der Waals surface area contributed by atoms with Crippen molar-refractivity contribution in [2.75, 3.05) is 0 Å². The van der Waals surface area contributed by atoms with Crippen molar-refractivity contribution < 1.29 is 4.79 Å². The fourth-order valence-electron chi connectivity index (χ4n) is 1.94. The van der Waals surface area contributed by atoms with Crippen LogP contribution in [0.4, 0.5) is 0 Å². The van der Waals surface area contributed by atoms with Crippen LogP contribution in [0.3, 0.4) is 0 Å². The predicted octanol–water partition coefficient (Wildman–Crippen LogP) is 2.20. The van der Waals surface area contributed by atoms with Crippen molar-refractivity contribution in [2.24, 2.45) is 7.05 Å². The lowest BCUT2D eigenvalue weighted by Crippen LogP contribution is -2.29. The maximum atomic E-state index is 11.8. The predicted molar refractivity (Wildman–Crippen MR) is 74.4 cm³/mol. The van der Waals surface area contributed by atoms with Crippen LogP contribution in [0.5, 0.6) is 0 Å². The maximum absolute atomic E-state index is 11.8. The van der Waals surface area contributed by atoms with Crippen LogP contribution in [0.25, 0.3) is 0 Å². The highest BCUT2D eigenvalue weighted by Gasteiger charge is 2.19. The first kappa shape index (κ1) is 13.1. The van der Waals surface area contributed by atoms with Gasteiger partial charge < -0.3 is 9.88 Å². The lowest BCUT2D eigenvalue weighted by atomic mass is 10.1. The van der Waals surface area contributed by atoms with Crippen LogP contribution in [0, 0.1) is 0 Å². The van der Waals surface area contributed by atoms with Gasteiger partial charge in [0.2, 0.25) is 5.91 Å². The number of hydrogen-bond acceptors (Lipinski definition) is 2. The van der Waals surface area contributed by atoms with Gasteiger partial charge >= 0.3 is 0 Å². The number of aryl methyl sites for hydroxylation is 1. The van der Waals surface area contributed by atoms with Gasteiger partial charge in [-0.1, -0.05) is 36.4 Å². The molecule has 0 bridgehead atoms. The Labute approximate surface area is 112 Å². The molecule has 0 aliphatic heterocycles. The fraction of sp³-hybridized carbons (Fsp3) is 0.200. The van der Waals surface area contributed by atoms with Crippen molar-refractivity contribution in [1.29, 1.82) is 0 Å². The molecule has 2 rings (SSSR count). The van der Waals surface area contributed by atoms with Crippen molar-refractivity contribution in [2.45, 2.75) is 13.0 Å². The molecule has 4 nitrogen and oxygen atoms in total. The highest BCUT2D eigenvalue weighted by atomic mass is 16.1. The number of carbonyl (C=O) groups is 1. The Hall–Kier alpha value is -2.36. The number of benzene rings is 1. The zero-order valence-electron chi connectivity index (χ0n) is 11.1. The molecule has 0 radical (unpaired) electrons. The van der Waals surface area contributed by atoms with Crippen LogP contribution in [0.15, 0.2) is 54.9 Å². The third-order valence-electron chi connectivity index (χ3n) is 2.85. The van der Waals surface area contributed by atoms with Gasteiger partial charge in [-0.05, 0) is 18.6 Å². The summed E-state index contributed by atoms with van der Waals surface area (Å²) in [6, 6.07) is 9.57. The second-order valence-electron chi connectivity index (χ2n) is 4.25. The first-order valence-electron chi connectivity index (χ1n) is 6.17. The zero-order chi connectivity index (χ0) is 13.7. The molecule has 1 aromatic carbocycles. The van der Waals surface area contributed by atoms with Crippen LogP contribution in [-0.4, -0.2) is 15.5 Å². The standard InChI is InChI=1S/C15H17N3O/c1-3-7-13(19)17-14(12-8-5-4-6-9-12)15-16-10-11-18(15)2/h3-11,14H,1-2H3,(H,17,19)/b7-3+. The summed E-state index contributed by atoms with van der Waals surface area (Å²) in [6.45, 7) is 1.82. The Kier molecular flexibility index (Phi) is 4.13. The second-order valence-corrected chi connectivity index (χ2v) is 4.25. The molecule has 1 N–H and O–H groups in total. The van der Waals surface area contributed by atoms with E-state index >= 15 is 0 Å². The van der Waals surface area contributed by atoms with E-state index in [1.807, 2.05) is 55.1 Å². The molecule has 1 heterocycles. The van der Waals surface area contributed by atoms with Gasteiger partial charge in [0, 0.05) is 19.4 Å². The van der Waals surface area contributed by atoms with Gasteiger partial charge in [0.15, 0.2) is 0 Å². The van der Waals surface area contributed by atoms with E-state index in [1.165, 1.54) is 6.08 Å². The van der Waals surface area contributed by atoms with Crippen molar-refractivity contribution in [3.63, 3.8) is 0 Å². The van der Waals surface area contributed by atoms with Gasteiger partial charge in [0.05, 0.1) is 0 Å². The lowest BCUT2D eigenvalue weighted by Gasteiger charge is -2.18. The molecule has 1 aromatic heterocycles. The lowest BCUT2D eigenvalue weighted by molar-refractivity contribution is -0.117. The zero-order valence-corrected chi connectivity index (χ0v) is 11.1. The van der Waals surface area contributed by atoms with E-state index in [4.69, 9.17) is 0 Å². The normalized spacial score (nSPS) is 12.5. The Morgan fingerprint density at radius 3 is 2.68 bits per heavy atom. The molecule has 0 saturated heterocycles. The third kappa shape index (κ3) is 3.10. The number of amides is 1. The summed E-state index contributed by atoms with van der Waals surface area (Å²) in [5, 5.41) is 2.97. The molecule has 1 atom stereocenters. The van der Waals surface area contributed by atoms with Gasteiger partial charge in [-0.15, -0.1) is 0 Å². The number of rotatable bonds is 4. The summed E-state index contributed by atoms with van der Waals surface area (Å²) >= 11 is 0. The summed E-state index contributed by atoms with van der Waals surface area (Å²) in [5.74, 6) is 0.684. The maximum Gasteiger partial charge on any atom is 0.244 e. The van der Waals surface area contributed by atoms with E-state index in [1.54, 1.807) is 12.3 Å². The Bertz CT molecular complexity index is 572. The Balaban J connectivity index is 2.34. The molecule has 1 unspecified atom stereocenters. The summed E-state index contributed by atoms with van der Waals surface area (Å²) in [7, 11) is 1.92. The van der Waals surface area contributed by atoms with Gasteiger partial charge in [-0.25, -0.2) is 4.98 Å². The van der Waals surface area contributed by atoms with Crippen molar-refractivity contribution >= 4 is 5.91 Å². The smallest absolute Gasteiger partial charge is 0.244 e. The average molecular weight is 255 g/mol. The second kappa shape index (κ2) is 6.00. The summed E-state index contributed by atoms with van der Waals surface area (Å²) < 4.78 is 1.91. The number of carbonyl (C=O) groups excluding carboxylic acids is 1. The first-order chi connectivity index (χ1) is 9.22. The van der Waals surface area contributed by atoms with Crippen LogP contribution >= 0.6 is 0 Å². The number of aromatic nitrogens is 2. The molecule has 0 saturated carbocycles. The summed E-state index contributed by atoms with van der Waals surface area (Å²) in [6.07, 6.45) is 6.83. The minimum atomic E-state index is -0.245. The average Bonchev–Trinajstić information content (AvgIpc) is 2.83. The minimum absolute atomic E-state index is 0.126. The van der Waals surface area contributed by atoms with E-state index < -0.39 is 0 Å². The van der Waals surface area contributed by atoms with E-state index in [-0.39, 0.29) is 11.9 Å². The van der Waals surface area contributed by atoms with E-state index in [2.05, 4.69) is 10.3 Å². The molecule has 1 amide bonds. The van der Waals surface area contributed by atoms with E-state index in [0.29, 0.717) is 0 Å². The molecule has 0 aliphatic carbocycles. The Morgan fingerprint density at radius 1 is 1.37 bits per heavy atom. The molecule has 4 heteroatoms. The number of imidazole rings is 1. The molecule has 98 valence electrons. The number of hydrogen-bond donors (Lipinski definition) is 1. The molecule has 19 heavy (non-hydrogen) atoms. The number of nitrogens with one attached hydrogen (secondary N) is 1. The van der Waals surface area contributed by atoms with E-state index in [0.717, 1.165) is 11.4 Å². The molecule has 0 fully saturated rings. The molecular formula is C15H17N3O. The monoisotopic (exact) mass is 255 g/mol. The molecule has 0 spiro atoms. The molecule has 0 aliphatic rings. The van der Waals surface area contributed by atoms with E-state index in [9.17, 15) is 4.79 Å². The van der Waals surface area contributed by atoms with Crippen molar-refractivity contribution in [3.8, 4) is 0 Å². The third-order valence-corrected chi connectivity index (χ3v) is 2.85. The van der Waals surface area contributed by atoms with Crippen LogP contribution < -0.4 is 5.32 Å². The quantitative estimate of drug-likeness (QED) is 0.851. The van der Waals surface area contributed by atoms with Crippen LogP contribution in [-0.2, 0) is 11.8 Å². The van der Waals surface area contributed by atoms with Gasteiger partial charge in [0.1, 0.15) is 11.9 Å². The van der Waals surface area contributed by atoms with Gasteiger partial charge in [0.25, 0.3) is 0 Å². The summed E-state index contributed by atoms with van der Waals surface area (Å²) in [5.41, 5.74) is 1.01. The first-order valence-corrected chi connectivity index (χ1v) is 6.17. The van der Waals surface area contributed by atoms with Crippen LogP contribution in [0.1, 0.15) is 24.4 Å². The van der Waals surface area contributed by atoms with Gasteiger partial charge in [-0.2, -0.15) is 0 Å². The minimum Gasteiger partial charge on any atom is -0.339 e. The molecular weight excluding hydrogens is 238 g/mol. The van der Waals surface area contributed by atoms with Crippen molar-refractivity contribution in [1.82, 2.24) is 14.9 Å². The van der Waals surface area contributed by atoms with Crippen molar-refractivity contribution in [3.05, 3.63) is 66.3 Å². The highest BCUT2D eigenvalue weighted by molar-refractivity contribution is 5.87.